The van der Waals surface area contributed by atoms with Crippen LogP contribution in [0.5, 0.6) is 0 Å². The van der Waals surface area contributed by atoms with E-state index in [1.165, 1.54) is 32.4 Å². The molecule has 1 saturated heterocycles. The summed E-state index contributed by atoms with van der Waals surface area (Å²) >= 11 is 0. The lowest BCUT2D eigenvalue weighted by Gasteiger charge is -2.28. The fourth-order valence-electron chi connectivity index (χ4n) is 2.44. The van der Waals surface area contributed by atoms with Crippen LogP contribution < -0.4 is 10.6 Å². The van der Waals surface area contributed by atoms with Crippen molar-refractivity contribution in [3.05, 3.63) is 18.5 Å². The third-order valence-electron chi connectivity index (χ3n) is 3.75. The van der Waals surface area contributed by atoms with Crippen molar-refractivity contribution < 1.29 is 0 Å². The fraction of sp³-hybridized carbons (Fsp3) is 0.643. The number of rotatable bonds is 5. The molecule has 1 aromatic heterocycles. The van der Waals surface area contributed by atoms with Crippen LogP contribution in [0.25, 0.3) is 0 Å². The Bertz CT molecular complexity index is 359. The van der Waals surface area contributed by atoms with Crippen LogP contribution in [0.4, 0.5) is 11.4 Å². The third-order valence-corrected chi connectivity index (χ3v) is 3.75. The molecule has 0 atom stereocenters. The lowest BCUT2D eigenvalue weighted by atomic mass is 9.94. The molecule has 0 unspecified atom stereocenters. The minimum atomic E-state index is 0.883. The van der Waals surface area contributed by atoms with Gasteiger partial charge in [0.05, 0.1) is 23.8 Å². The van der Waals surface area contributed by atoms with E-state index in [1.54, 1.807) is 0 Å². The zero-order valence-electron chi connectivity index (χ0n) is 11.4. The van der Waals surface area contributed by atoms with Gasteiger partial charge in [-0.25, -0.2) is 0 Å². The van der Waals surface area contributed by atoms with Gasteiger partial charge in [0.2, 0.25) is 0 Å². The molecule has 0 amide bonds. The Morgan fingerprint density at radius 2 is 2.00 bits per heavy atom. The number of hydrogen-bond donors (Lipinski definition) is 2. The van der Waals surface area contributed by atoms with Crippen molar-refractivity contribution in [1.29, 1.82) is 0 Å². The summed E-state index contributed by atoms with van der Waals surface area (Å²) in [6.07, 6.45) is 7.66. The van der Waals surface area contributed by atoms with Gasteiger partial charge in [-0.05, 0) is 51.4 Å². The zero-order chi connectivity index (χ0) is 12.8. The van der Waals surface area contributed by atoms with Crippen LogP contribution in [0.1, 0.15) is 19.3 Å². The van der Waals surface area contributed by atoms with E-state index in [2.05, 4.69) is 33.6 Å². The molecule has 100 valence electrons. The molecular formula is C14H24N4. The molecule has 0 saturated carbocycles. The lowest BCUT2D eigenvalue weighted by Crippen LogP contribution is -2.30. The van der Waals surface area contributed by atoms with Crippen molar-refractivity contribution in [3.8, 4) is 0 Å². The van der Waals surface area contributed by atoms with Gasteiger partial charge in [-0.2, -0.15) is 0 Å². The smallest absolute Gasteiger partial charge is 0.0547 e. The Hall–Kier alpha value is -1.29. The highest BCUT2D eigenvalue weighted by molar-refractivity contribution is 5.53. The second-order valence-corrected chi connectivity index (χ2v) is 5.17. The highest BCUT2D eigenvalue weighted by atomic mass is 15.1. The largest absolute Gasteiger partial charge is 0.387 e. The molecule has 1 aliphatic heterocycles. The minimum Gasteiger partial charge on any atom is -0.387 e. The molecule has 2 rings (SSSR count). The van der Waals surface area contributed by atoms with Gasteiger partial charge in [-0.3, -0.25) is 4.98 Å². The van der Waals surface area contributed by atoms with Gasteiger partial charge in [0.15, 0.2) is 0 Å². The summed E-state index contributed by atoms with van der Waals surface area (Å²) in [4.78, 5) is 6.62. The lowest BCUT2D eigenvalue weighted by molar-refractivity contribution is 0.215. The molecule has 0 aliphatic carbocycles. The highest BCUT2D eigenvalue weighted by Gasteiger charge is 2.15. The molecule has 2 N–H and O–H groups in total. The first-order valence-electron chi connectivity index (χ1n) is 6.83. The number of aromatic nitrogens is 1. The van der Waals surface area contributed by atoms with Crippen LogP contribution >= 0.6 is 0 Å². The predicted octanol–water partition coefficient (Wildman–Crippen LogP) is 2.27. The van der Waals surface area contributed by atoms with Crippen LogP contribution in [0.2, 0.25) is 0 Å². The van der Waals surface area contributed by atoms with Gasteiger partial charge in [-0.1, -0.05) is 0 Å². The van der Waals surface area contributed by atoms with E-state index in [9.17, 15) is 0 Å². The van der Waals surface area contributed by atoms with Crippen molar-refractivity contribution in [3.63, 3.8) is 0 Å². The third kappa shape index (κ3) is 3.88. The molecule has 1 aromatic rings. The number of piperidine rings is 1. The van der Waals surface area contributed by atoms with Gasteiger partial charge in [0.25, 0.3) is 0 Å². The number of likely N-dealkylation sites (tertiary alicyclic amines) is 1. The summed E-state index contributed by atoms with van der Waals surface area (Å²) in [5.74, 6) is 0.883. The van der Waals surface area contributed by atoms with Crippen molar-refractivity contribution in [2.24, 2.45) is 5.92 Å². The Labute approximate surface area is 110 Å². The number of nitrogens with zero attached hydrogens (tertiary/aromatic N) is 2. The standard InChI is InChI=1S/C14H24N4/c1-15-13-9-14(11-16-10-13)17-6-3-12-4-7-18(2)8-5-12/h9-12,15,17H,3-8H2,1-2H3. The fourth-order valence-corrected chi connectivity index (χ4v) is 2.44. The van der Waals surface area contributed by atoms with Crippen LogP contribution in [0.3, 0.4) is 0 Å². The van der Waals surface area contributed by atoms with E-state index < -0.39 is 0 Å². The SMILES string of the molecule is CNc1cncc(NCCC2CCN(C)CC2)c1. The topological polar surface area (TPSA) is 40.2 Å². The summed E-state index contributed by atoms with van der Waals surface area (Å²) in [5, 5.41) is 6.57. The minimum absolute atomic E-state index is 0.883. The van der Waals surface area contributed by atoms with E-state index in [0.717, 1.165) is 23.8 Å². The summed E-state index contributed by atoms with van der Waals surface area (Å²) in [5.41, 5.74) is 2.16. The van der Waals surface area contributed by atoms with Crippen molar-refractivity contribution >= 4 is 11.4 Å². The van der Waals surface area contributed by atoms with Gasteiger partial charge in [0, 0.05) is 13.6 Å². The molecule has 0 spiro atoms. The monoisotopic (exact) mass is 248 g/mol. The van der Waals surface area contributed by atoms with Gasteiger partial charge in [0.1, 0.15) is 0 Å². The van der Waals surface area contributed by atoms with E-state index in [-0.39, 0.29) is 0 Å². The molecule has 4 heteroatoms. The molecule has 0 aromatic carbocycles. The quantitative estimate of drug-likeness (QED) is 0.838. The number of pyridine rings is 1. The van der Waals surface area contributed by atoms with Crippen LogP contribution in [0, 0.1) is 5.92 Å². The zero-order valence-corrected chi connectivity index (χ0v) is 11.4. The van der Waals surface area contributed by atoms with Gasteiger partial charge >= 0.3 is 0 Å². The Morgan fingerprint density at radius 1 is 1.28 bits per heavy atom. The number of hydrogen-bond acceptors (Lipinski definition) is 4. The van der Waals surface area contributed by atoms with Gasteiger partial charge < -0.3 is 15.5 Å². The van der Waals surface area contributed by atoms with E-state index in [1.807, 2.05) is 19.4 Å². The number of nitrogens with one attached hydrogen (secondary N) is 2. The Morgan fingerprint density at radius 3 is 2.72 bits per heavy atom. The molecule has 0 bridgehead atoms. The molecule has 0 radical (unpaired) electrons. The van der Waals surface area contributed by atoms with E-state index in [0.29, 0.717) is 0 Å². The van der Waals surface area contributed by atoms with Gasteiger partial charge in [-0.15, -0.1) is 0 Å². The first kappa shape index (κ1) is 13.1. The Balaban J connectivity index is 1.71. The molecule has 2 heterocycles. The predicted molar refractivity (Wildman–Crippen MR) is 77.1 cm³/mol. The second-order valence-electron chi connectivity index (χ2n) is 5.17. The normalized spacial score (nSPS) is 17.7. The molecule has 1 aliphatic rings. The second kappa shape index (κ2) is 6.59. The molecular weight excluding hydrogens is 224 g/mol. The summed E-state index contributed by atoms with van der Waals surface area (Å²) < 4.78 is 0. The number of anilines is 2. The van der Waals surface area contributed by atoms with E-state index >= 15 is 0 Å². The van der Waals surface area contributed by atoms with E-state index in [4.69, 9.17) is 0 Å². The van der Waals surface area contributed by atoms with Crippen LogP contribution in [-0.2, 0) is 0 Å². The average molecular weight is 248 g/mol. The molecule has 1 fully saturated rings. The van der Waals surface area contributed by atoms with Crippen LogP contribution in [-0.4, -0.2) is 43.6 Å². The van der Waals surface area contributed by atoms with Crippen molar-refractivity contribution in [1.82, 2.24) is 9.88 Å². The summed E-state index contributed by atoms with van der Waals surface area (Å²) in [6.45, 7) is 3.55. The molecule has 18 heavy (non-hydrogen) atoms. The average Bonchev–Trinajstić information content (AvgIpc) is 2.41. The first-order valence-corrected chi connectivity index (χ1v) is 6.83. The first-order chi connectivity index (χ1) is 8.78. The summed E-state index contributed by atoms with van der Waals surface area (Å²) in [7, 11) is 4.13. The Kier molecular flexibility index (Phi) is 4.81. The maximum atomic E-state index is 4.20. The van der Waals surface area contributed by atoms with Crippen molar-refractivity contribution in [2.45, 2.75) is 19.3 Å². The molecule has 4 nitrogen and oxygen atoms in total. The maximum absolute atomic E-state index is 4.20. The summed E-state index contributed by atoms with van der Waals surface area (Å²) in [6, 6.07) is 2.10. The van der Waals surface area contributed by atoms with Crippen molar-refractivity contribution in [2.75, 3.05) is 44.4 Å². The highest BCUT2D eigenvalue weighted by Crippen LogP contribution is 2.20. The maximum Gasteiger partial charge on any atom is 0.0547 e. The van der Waals surface area contributed by atoms with Crippen LogP contribution in [0.15, 0.2) is 18.5 Å².